The second-order valence-corrected chi connectivity index (χ2v) is 4.86. The standard InChI is InChI=1S/C14H16O3/c1-8-13-10-4-3-5-11(16-2)9(10)6-7-12(13)17-14(8)15/h3-5,8,12-13H,6-7H2,1-2H3/t8-,12+,13-/m1/s1. The summed E-state index contributed by atoms with van der Waals surface area (Å²) in [5.74, 6) is 1.05. The van der Waals surface area contributed by atoms with Gasteiger partial charge in [-0.2, -0.15) is 0 Å². The lowest BCUT2D eigenvalue weighted by Gasteiger charge is -2.28. The lowest BCUT2D eigenvalue weighted by molar-refractivity contribution is -0.144. The van der Waals surface area contributed by atoms with Gasteiger partial charge < -0.3 is 9.47 Å². The van der Waals surface area contributed by atoms with Gasteiger partial charge in [-0.15, -0.1) is 0 Å². The third kappa shape index (κ3) is 1.45. The Kier molecular flexibility index (Phi) is 2.35. The Balaban J connectivity index is 2.09. The largest absolute Gasteiger partial charge is 0.496 e. The summed E-state index contributed by atoms with van der Waals surface area (Å²) in [6, 6.07) is 6.09. The van der Waals surface area contributed by atoms with E-state index in [1.807, 2.05) is 19.1 Å². The molecule has 3 nitrogen and oxygen atoms in total. The van der Waals surface area contributed by atoms with Crippen LogP contribution in [0.2, 0.25) is 0 Å². The highest BCUT2D eigenvalue weighted by Gasteiger charge is 2.45. The monoisotopic (exact) mass is 232 g/mol. The molecule has 0 N–H and O–H groups in total. The van der Waals surface area contributed by atoms with E-state index < -0.39 is 0 Å². The molecule has 1 heterocycles. The molecule has 1 aliphatic heterocycles. The molecule has 0 radical (unpaired) electrons. The molecule has 0 spiro atoms. The summed E-state index contributed by atoms with van der Waals surface area (Å²) in [4.78, 5) is 11.7. The SMILES string of the molecule is COc1cccc2c1CC[C@@H]1OC(=O)[C@H](C)[C@H]21. The minimum absolute atomic E-state index is 0.0360. The van der Waals surface area contributed by atoms with Gasteiger partial charge in [0.15, 0.2) is 0 Å². The average molecular weight is 232 g/mol. The number of hydrogen-bond acceptors (Lipinski definition) is 3. The molecule has 0 aromatic heterocycles. The highest BCUT2D eigenvalue weighted by atomic mass is 16.6. The molecule has 1 aromatic carbocycles. The fraction of sp³-hybridized carbons (Fsp3) is 0.500. The highest BCUT2D eigenvalue weighted by Crippen LogP contribution is 2.45. The second kappa shape index (κ2) is 3.76. The van der Waals surface area contributed by atoms with Crippen LogP contribution in [-0.4, -0.2) is 19.2 Å². The van der Waals surface area contributed by atoms with Crippen LogP contribution in [0, 0.1) is 5.92 Å². The van der Waals surface area contributed by atoms with E-state index in [-0.39, 0.29) is 23.9 Å². The van der Waals surface area contributed by atoms with Gasteiger partial charge in [0.25, 0.3) is 0 Å². The maximum Gasteiger partial charge on any atom is 0.309 e. The Hall–Kier alpha value is -1.51. The van der Waals surface area contributed by atoms with Crippen molar-refractivity contribution in [1.29, 1.82) is 0 Å². The van der Waals surface area contributed by atoms with Gasteiger partial charge in [-0.1, -0.05) is 19.1 Å². The molecule has 3 heteroatoms. The zero-order chi connectivity index (χ0) is 12.0. The molecule has 90 valence electrons. The zero-order valence-electron chi connectivity index (χ0n) is 10.1. The van der Waals surface area contributed by atoms with Crippen LogP contribution in [0.4, 0.5) is 0 Å². The van der Waals surface area contributed by atoms with E-state index in [9.17, 15) is 4.79 Å². The third-order valence-electron chi connectivity index (χ3n) is 4.01. The number of benzene rings is 1. The molecule has 0 saturated carbocycles. The number of carbonyl (C=O) groups is 1. The predicted molar refractivity (Wildman–Crippen MR) is 63.1 cm³/mol. The Bertz CT molecular complexity index is 467. The summed E-state index contributed by atoms with van der Waals surface area (Å²) in [5.41, 5.74) is 2.49. The van der Waals surface area contributed by atoms with Crippen LogP contribution < -0.4 is 4.74 Å². The van der Waals surface area contributed by atoms with Gasteiger partial charge in [-0.3, -0.25) is 4.79 Å². The first kappa shape index (κ1) is 10.6. The van der Waals surface area contributed by atoms with Gasteiger partial charge in [0, 0.05) is 5.92 Å². The molecule has 3 rings (SSSR count). The number of carbonyl (C=O) groups excluding carboxylic acids is 1. The van der Waals surface area contributed by atoms with Crippen molar-refractivity contribution in [3.8, 4) is 5.75 Å². The lowest BCUT2D eigenvalue weighted by atomic mass is 9.76. The van der Waals surface area contributed by atoms with Crippen LogP contribution in [0.15, 0.2) is 18.2 Å². The molecule has 0 unspecified atom stereocenters. The molecule has 1 aliphatic carbocycles. The Morgan fingerprint density at radius 3 is 3.00 bits per heavy atom. The number of hydrogen-bond donors (Lipinski definition) is 0. The molecule has 3 atom stereocenters. The van der Waals surface area contributed by atoms with Crippen LogP contribution >= 0.6 is 0 Å². The van der Waals surface area contributed by atoms with Crippen molar-refractivity contribution < 1.29 is 14.3 Å². The number of esters is 1. The maximum atomic E-state index is 11.7. The van der Waals surface area contributed by atoms with Crippen LogP contribution in [0.5, 0.6) is 5.75 Å². The molecule has 1 aromatic rings. The summed E-state index contributed by atoms with van der Waals surface area (Å²) >= 11 is 0. The van der Waals surface area contributed by atoms with Crippen molar-refractivity contribution >= 4 is 5.97 Å². The Labute approximate surface area is 101 Å². The quantitative estimate of drug-likeness (QED) is 0.697. The minimum atomic E-state index is -0.0596. The van der Waals surface area contributed by atoms with Gasteiger partial charge in [0.05, 0.1) is 13.0 Å². The van der Waals surface area contributed by atoms with E-state index in [0.29, 0.717) is 0 Å². The first-order valence-corrected chi connectivity index (χ1v) is 6.08. The number of rotatable bonds is 1. The van der Waals surface area contributed by atoms with E-state index >= 15 is 0 Å². The van der Waals surface area contributed by atoms with Crippen molar-refractivity contribution in [2.24, 2.45) is 5.92 Å². The first-order valence-electron chi connectivity index (χ1n) is 6.08. The van der Waals surface area contributed by atoms with E-state index in [1.54, 1.807) is 7.11 Å². The van der Waals surface area contributed by atoms with Gasteiger partial charge in [0.2, 0.25) is 0 Å². The van der Waals surface area contributed by atoms with E-state index in [1.165, 1.54) is 11.1 Å². The summed E-state index contributed by atoms with van der Waals surface area (Å²) in [6.07, 6.45) is 1.91. The molecule has 0 amide bonds. The van der Waals surface area contributed by atoms with Crippen LogP contribution in [0.25, 0.3) is 0 Å². The van der Waals surface area contributed by atoms with E-state index in [0.717, 1.165) is 18.6 Å². The molecule has 0 bridgehead atoms. The summed E-state index contributed by atoms with van der Waals surface area (Å²) in [6.45, 7) is 1.96. The van der Waals surface area contributed by atoms with Crippen molar-refractivity contribution in [2.45, 2.75) is 31.8 Å². The fourth-order valence-electron chi connectivity index (χ4n) is 3.15. The van der Waals surface area contributed by atoms with Gasteiger partial charge in [-0.05, 0) is 30.0 Å². The zero-order valence-corrected chi connectivity index (χ0v) is 10.1. The molecule has 17 heavy (non-hydrogen) atoms. The van der Waals surface area contributed by atoms with Gasteiger partial charge in [0.1, 0.15) is 11.9 Å². The minimum Gasteiger partial charge on any atom is -0.496 e. The average Bonchev–Trinajstić information content (AvgIpc) is 2.64. The Morgan fingerprint density at radius 1 is 1.41 bits per heavy atom. The van der Waals surface area contributed by atoms with Crippen molar-refractivity contribution in [3.05, 3.63) is 29.3 Å². The molecular formula is C14H16O3. The molecule has 1 saturated heterocycles. The predicted octanol–water partition coefficient (Wildman–Crippen LogP) is 2.29. The van der Waals surface area contributed by atoms with Crippen molar-refractivity contribution in [1.82, 2.24) is 0 Å². The van der Waals surface area contributed by atoms with Crippen LogP contribution in [0.3, 0.4) is 0 Å². The first-order chi connectivity index (χ1) is 8.22. The maximum absolute atomic E-state index is 11.7. The molecule has 1 fully saturated rings. The van der Waals surface area contributed by atoms with Gasteiger partial charge in [-0.25, -0.2) is 0 Å². The number of ether oxygens (including phenoxy) is 2. The molecule has 2 aliphatic rings. The van der Waals surface area contributed by atoms with Crippen molar-refractivity contribution in [3.63, 3.8) is 0 Å². The topological polar surface area (TPSA) is 35.5 Å². The van der Waals surface area contributed by atoms with E-state index in [4.69, 9.17) is 9.47 Å². The smallest absolute Gasteiger partial charge is 0.309 e. The normalized spacial score (nSPS) is 30.5. The Morgan fingerprint density at radius 2 is 2.24 bits per heavy atom. The van der Waals surface area contributed by atoms with E-state index in [2.05, 4.69) is 6.07 Å². The van der Waals surface area contributed by atoms with Crippen LogP contribution in [-0.2, 0) is 16.0 Å². The summed E-state index contributed by atoms with van der Waals surface area (Å²) in [7, 11) is 1.70. The van der Waals surface area contributed by atoms with Crippen molar-refractivity contribution in [2.75, 3.05) is 7.11 Å². The summed E-state index contributed by atoms with van der Waals surface area (Å²) in [5, 5.41) is 0. The second-order valence-electron chi connectivity index (χ2n) is 4.86. The lowest BCUT2D eigenvalue weighted by Crippen LogP contribution is -2.24. The van der Waals surface area contributed by atoms with Crippen LogP contribution in [0.1, 0.15) is 30.4 Å². The molecular weight excluding hydrogens is 216 g/mol. The number of methoxy groups -OCH3 is 1. The summed E-state index contributed by atoms with van der Waals surface area (Å²) < 4.78 is 10.8. The fourth-order valence-corrected chi connectivity index (χ4v) is 3.15. The number of fused-ring (bicyclic) bond motifs is 3. The highest BCUT2D eigenvalue weighted by molar-refractivity contribution is 5.76. The van der Waals surface area contributed by atoms with Gasteiger partial charge >= 0.3 is 5.97 Å². The third-order valence-corrected chi connectivity index (χ3v) is 4.01.